The molecule has 9 nitrogen and oxygen atoms in total. The molecule has 1 spiro atoms. The minimum Gasteiger partial charge on any atom is -0.480 e. The van der Waals surface area contributed by atoms with Crippen molar-refractivity contribution in [3.8, 4) is 17.0 Å². The fraction of sp³-hybridized carbons (Fsp3) is 0.478. The molecule has 1 saturated carbocycles. The Morgan fingerprint density at radius 2 is 2.09 bits per heavy atom. The second-order valence-corrected chi connectivity index (χ2v) is 9.05. The average molecular weight is 469 g/mol. The van der Waals surface area contributed by atoms with Crippen molar-refractivity contribution in [1.82, 2.24) is 29.9 Å². The molecule has 2 fully saturated rings. The van der Waals surface area contributed by atoms with Gasteiger partial charge in [-0.2, -0.15) is 9.97 Å². The van der Waals surface area contributed by atoms with Gasteiger partial charge in [0.25, 0.3) is 6.43 Å². The molecule has 2 aliphatic rings. The van der Waals surface area contributed by atoms with E-state index in [0.29, 0.717) is 28.5 Å². The number of nitrogens with zero attached hydrogens (tertiary/aromatic N) is 5. The number of methoxy groups -OCH3 is 1. The van der Waals surface area contributed by atoms with Crippen LogP contribution >= 0.6 is 0 Å². The van der Waals surface area contributed by atoms with Crippen LogP contribution in [0.1, 0.15) is 32.1 Å². The number of hydrogen-bond acceptors (Lipinski definition) is 7. The molecule has 0 bridgehead atoms. The Balaban J connectivity index is 1.31. The van der Waals surface area contributed by atoms with Crippen molar-refractivity contribution < 1.29 is 18.3 Å². The predicted octanol–water partition coefficient (Wildman–Crippen LogP) is 4.16. The molecule has 1 aliphatic heterocycles. The Bertz CT molecular complexity index is 1340. The van der Waals surface area contributed by atoms with Crippen LogP contribution in [-0.2, 0) is 11.3 Å². The van der Waals surface area contributed by atoms with Gasteiger partial charge in [-0.25, -0.2) is 13.5 Å². The van der Waals surface area contributed by atoms with Crippen molar-refractivity contribution in [2.45, 2.75) is 56.7 Å². The quantitative estimate of drug-likeness (QED) is 0.437. The molecule has 1 aliphatic carbocycles. The Morgan fingerprint density at radius 3 is 2.79 bits per heavy atom. The van der Waals surface area contributed by atoms with Crippen molar-refractivity contribution in [3.63, 3.8) is 0 Å². The van der Waals surface area contributed by atoms with Crippen LogP contribution in [0.2, 0.25) is 0 Å². The van der Waals surface area contributed by atoms with Crippen LogP contribution in [0.25, 0.3) is 33.2 Å². The van der Waals surface area contributed by atoms with E-state index in [1.54, 1.807) is 19.2 Å². The Labute approximate surface area is 193 Å². The minimum absolute atomic E-state index is 0.107. The van der Waals surface area contributed by atoms with E-state index in [4.69, 9.17) is 9.47 Å². The number of rotatable bonds is 6. The SMILES string of the molecule is COc1nc(N[C@H]2CC[C@]3(CCO3)CC2)nc2[nH]cc(-c3ccc4nnn(CC(F)F)c4c3)c12. The maximum Gasteiger partial charge on any atom is 0.258 e. The molecule has 3 aromatic heterocycles. The monoisotopic (exact) mass is 469 g/mol. The number of alkyl halides is 2. The van der Waals surface area contributed by atoms with E-state index in [1.165, 1.54) is 4.68 Å². The molecule has 2 N–H and O–H groups in total. The summed E-state index contributed by atoms with van der Waals surface area (Å²) in [6, 6.07) is 5.73. The standard InChI is InChI=1S/C23H25F2N7O2/c1-33-21-19-15(13-2-3-16-17(10-13)32(31-30-16)12-18(24)25)11-26-20(19)28-22(29-21)27-14-4-6-23(7-5-14)8-9-34-23/h2-3,10-11,14,18H,4-9,12H2,1H3,(H2,26,27,28,29)/t14-,23+. The summed E-state index contributed by atoms with van der Waals surface area (Å²) in [4.78, 5) is 12.5. The summed E-state index contributed by atoms with van der Waals surface area (Å²) in [6.45, 7) is 0.367. The third-order valence-corrected chi connectivity index (χ3v) is 7.02. The van der Waals surface area contributed by atoms with Gasteiger partial charge in [0.1, 0.15) is 17.7 Å². The van der Waals surface area contributed by atoms with Crippen molar-refractivity contribution in [3.05, 3.63) is 24.4 Å². The molecule has 1 saturated heterocycles. The number of hydrogen-bond donors (Lipinski definition) is 2. The average Bonchev–Trinajstić information content (AvgIpc) is 3.41. The Kier molecular flexibility index (Phi) is 5.09. The van der Waals surface area contributed by atoms with Crippen molar-refractivity contribution in [2.24, 2.45) is 0 Å². The molecule has 4 aromatic rings. The highest BCUT2D eigenvalue weighted by atomic mass is 19.3. The Hall–Kier alpha value is -3.34. The number of ether oxygens (including phenoxy) is 2. The Morgan fingerprint density at radius 1 is 1.26 bits per heavy atom. The van der Waals surface area contributed by atoms with E-state index in [0.717, 1.165) is 55.2 Å². The lowest BCUT2D eigenvalue weighted by Crippen LogP contribution is -2.48. The van der Waals surface area contributed by atoms with E-state index >= 15 is 0 Å². The summed E-state index contributed by atoms with van der Waals surface area (Å²) in [5.41, 5.74) is 3.45. The number of aromatic nitrogens is 6. The minimum atomic E-state index is -2.52. The van der Waals surface area contributed by atoms with Gasteiger partial charge in [-0.1, -0.05) is 11.3 Å². The van der Waals surface area contributed by atoms with E-state index < -0.39 is 13.0 Å². The van der Waals surface area contributed by atoms with E-state index in [-0.39, 0.29) is 11.6 Å². The van der Waals surface area contributed by atoms with E-state index in [9.17, 15) is 8.78 Å². The molecule has 34 heavy (non-hydrogen) atoms. The molecule has 0 atom stereocenters. The smallest absolute Gasteiger partial charge is 0.258 e. The second kappa shape index (κ2) is 8.15. The number of fused-ring (bicyclic) bond motifs is 2. The van der Waals surface area contributed by atoms with Crippen LogP contribution in [-0.4, -0.2) is 61.7 Å². The van der Waals surface area contributed by atoms with Crippen LogP contribution in [0.5, 0.6) is 5.88 Å². The lowest BCUT2D eigenvalue weighted by molar-refractivity contribution is -0.165. The van der Waals surface area contributed by atoms with Crippen molar-refractivity contribution in [2.75, 3.05) is 19.0 Å². The van der Waals surface area contributed by atoms with Gasteiger partial charge in [-0.15, -0.1) is 5.10 Å². The molecule has 0 unspecified atom stereocenters. The fourth-order valence-corrected chi connectivity index (χ4v) is 5.09. The summed E-state index contributed by atoms with van der Waals surface area (Å²) in [5, 5.41) is 12.0. The van der Waals surface area contributed by atoms with Gasteiger partial charge < -0.3 is 19.8 Å². The highest BCUT2D eigenvalue weighted by Crippen LogP contribution is 2.41. The first kappa shape index (κ1) is 21.2. The van der Waals surface area contributed by atoms with Gasteiger partial charge in [-0.3, -0.25) is 0 Å². The first-order chi connectivity index (χ1) is 16.5. The largest absolute Gasteiger partial charge is 0.480 e. The van der Waals surface area contributed by atoms with Gasteiger partial charge in [0.2, 0.25) is 11.8 Å². The first-order valence-corrected chi connectivity index (χ1v) is 11.5. The molecule has 4 heterocycles. The summed E-state index contributed by atoms with van der Waals surface area (Å²) >= 11 is 0. The zero-order chi connectivity index (χ0) is 23.3. The molecule has 0 radical (unpaired) electrons. The number of halogens is 2. The predicted molar refractivity (Wildman–Crippen MR) is 122 cm³/mol. The maximum atomic E-state index is 12.9. The molecular weight excluding hydrogens is 444 g/mol. The molecule has 1 aromatic carbocycles. The number of nitrogens with one attached hydrogen (secondary N) is 2. The van der Waals surface area contributed by atoms with Gasteiger partial charge in [0, 0.05) is 17.8 Å². The normalized spacial score (nSPS) is 22.5. The summed E-state index contributed by atoms with van der Waals surface area (Å²) in [6.07, 6.45) is 4.60. The zero-order valence-electron chi connectivity index (χ0n) is 18.7. The van der Waals surface area contributed by atoms with Crippen LogP contribution in [0.15, 0.2) is 24.4 Å². The number of H-pyrrole nitrogens is 1. The van der Waals surface area contributed by atoms with Gasteiger partial charge >= 0.3 is 0 Å². The van der Waals surface area contributed by atoms with Gasteiger partial charge in [-0.05, 0) is 49.8 Å². The van der Waals surface area contributed by atoms with Gasteiger partial charge in [0.15, 0.2) is 0 Å². The lowest BCUT2D eigenvalue weighted by Gasteiger charge is -2.46. The molecular formula is C23H25F2N7O2. The van der Waals surface area contributed by atoms with Crippen LogP contribution < -0.4 is 10.1 Å². The third kappa shape index (κ3) is 3.64. The molecule has 6 rings (SSSR count). The summed E-state index contributed by atoms with van der Waals surface area (Å²) in [7, 11) is 1.57. The maximum absolute atomic E-state index is 12.9. The van der Waals surface area contributed by atoms with Crippen LogP contribution in [0.4, 0.5) is 14.7 Å². The molecule has 0 amide bonds. The summed E-state index contributed by atoms with van der Waals surface area (Å²) < 4.78 is 38.5. The second-order valence-electron chi connectivity index (χ2n) is 9.05. The first-order valence-electron chi connectivity index (χ1n) is 11.5. The van der Waals surface area contributed by atoms with Crippen molar-refractivity contribution in [1.29, 1.82) is 0 Å². The number of anilines is 1. The lowest BCUT2D eigenvalue weighted by atomic mass is 9.77. The van der Waals surface area contributed by atoms with E-state index in [1.807, 2.05) is 12.3 Å². The highest BCUT2D eigenvalue weighted by molar-refractivity contribution is 5.99. The number of aromatic amines is 1. The molecule has 11 heteroatoms. The topological polar surface area (TPSA) is 103 Å². The highest BCUT2D eigenvalue weighted by Gasteiger charge is 2.41. The van der Waals surface area contributed by atoms with E-state index in [2.05, 4.69) is 30.6 Å². The summed E-state index contributed by atoms with van der Waals surface area (Å²) in [5.74, 6) is 0.959. The van der Waals surface area contributed by atoms with Crippen LogP contribution in [0.3, 0.4) is 0 Å². The third-order valence-electron chi connectivity index (χ3n) is 7.02. The fourth-order valence-electron chi connectivity index (χ4n) is 5.09. The zero-order valence-corrected chi connectivity index (χ0v) is 18.7. The van der Waals surface area contributed by atoms with Gasteiger partial charge in [0.05, 0.1) is 30.2 Å². The number of benzene rings is 1. The van der Waals surface area contributed by atoms with Crippen LogP contribution in [0, 0.1) is 0 Å². The molecule has 178 valence electrons. The van der Waals surface area contributed by atoms with Crippen molar-refractivity contribution >= 4 is 28.0 Å².